The molecule has 1 heterocycles. The molecule has 1 atom stereocenters. The number of hydrogen-bond acceptors (Lipinski definition) is 3. The van der Waals surface area contributed by atoms with Crippen LogP contribution in [0, 0.1) is 0 Å². The van der Waals surface area contributed by atoms with Gasteiger partial charge in [0.2, 0.25) is 5.91 Å². The smallest absolute Gasteiger partial charge is 0.311 e. The Hall–Kier alpha value is -1.88. The van der Waals surface area contributed by atoms with Gasteiger partial charge in [-0.15, -0.1) is 0 Å². The molecule has 2 rings (SSSR count). The molecule has 5 heteroatoms. The molecule has 1 aliphatic rings. The van der Waals surface area contributed by atoms with E-state index in [1.807, 2.05) is 6.07 Å². The van der Waals surface area contributed by atoms with Gasteiger partial charge in [-0.05, 0) is 18.4 Å². The number of carbonyl (C=O) groups excluding carboxylic acids is 1. The predicted molar refractivity (Wildman–Crippen MR) is 73.4 cm³/mol. The zero-order valence-corrected chi connectivity index (χ0v) is 11.2. The topological polar surface area (TPSA) is 75.6 Å². The zero-order chi connectivity index (χ0) is 14.4. The summed E-state index contributed by atoms with van der Waals surface area (Å²) in [6.45, 7) is 1.29. The largest absolute Gasteiger partial charge is 0.481 e. The molecule has 1 fully saturated rings. The molecule has 0 saturated carbocycles. The number of carbonyl (C=O) groups is 2. The number of carboxylic acids is 1. The molecule has 20 heavy (non-hydrogen) atoms. The van der Waals surface area contributed by atoms with Crippen LogP contribution >= 0.6 is 0 Å². The van der Waals surface area contributed by atoms with E-state index in [2.05, 4.69) is 5.32 Å². The van der Waals surface area contributed by atoms with E-state index in [-0.39, 0.29) is 18.4 Å². The molecule has 108 valence electrons. The van der Waals surface area contributed by atoms with E-state index in [4.69, 9.17) is 4.74 Å². The van der Waals surface area contributed by atoms with E-state index in [0.717, 1.165) is 12.8 Å². The van der Waals surface area contributed by atoms with Gasteiger partial charge in [0.05, 0.1) is 5.92 Å². The van der Waals surface area contributed by atoms with Crippen LogP contribution in [0.3, 0.4) is 0 Å². The van der Waals surface area contributed by atoms with Crippen molar-refractivity contribution in [2.45, 2.75) is 31.2 Å². The third-order valence-corrected chi connectivity index (χ3v) is 3.48. The Morgan fingerprint density at radius 1 is 1.25 bits per heavy atom. The Morgan fingerprint density at radius 3 is 2.50 bits per heavy atom. The van der Waals surface area contributed by atoms with E-state index >= 15 is 0 Å². The Kier molecular flexibility index (Phi) is 5.12. The number of rotatable bonds is 5. The maximum atomic E-state index is 12.0. The normalized spacial score (nSPS) is 17.4. The highest BCUT2D eigenvalue weighted by Crippen LogP contribution is 2.20. The molecule has 1 amide bonds. The van der Waals surface area contributed by atoms with Crippen molar-refractivity contribution in [1.82, 2.24) is 5.32 Å². The second-order valence-corrected chi connectivity index (χ2v) is 4.96. The summed E-state index contributed by atoms with van der Waals surface area (Å²) < 4.78 is 5.22. The fraction of sp³-hybridized carbons (Fsp3) is 0.467. The average Bonchev–Trinajstić information content (AvgIpc) is 2.46. The average molecular weight is 277 g/mol. The van der Waals surface area contributed by atoms with E-state index in [9.17, 15) is 14.7 Å². The molecule has 1 saturated heterocycles. The molecular formula is C15H19NO4. The first-order valence-electron chi connectivity index (χ1n) is 6.81. The van der Waals surface area contributed by atoms with Gasteiger partial charge in [-0.25, -0.2) is 0 Å². The van der Waals surface area contributed by atoms with E-state index in [1.165, 1.54) is 0 Å². The van der Waals surface area contributed by atoms with Crippen LogP contribution in [0.4, 0.5) is 0 Å². The molecule has 0 radical (unpaired) electrons. The van der Waals surface area contributed by atoms with Crippen LogP contribution < -0.4 is 5.32 Å². The van der Waals surface area contributed by atoms with Gasteiger partial charge in [0.25, 0.3) is 0 Å². The standard InChI is InChI=1S/C15H19NO4/c17-14(16-12-6-8-20-9-7-12)10-13(15(18)19)11-4-2-1-3-5-11/h1-5,12-13H,6-10H2,(H,16,17)(H,18,19). The Bertz CT molecular complexity index is 454. The predicted octanol–water partition coefficient (Wildman–Crippen LogP) is 1.54. The first-order chi connectivity index (χ1) is 9.66. The highest BCUT2D eigenvalue weighted by atomic mass is 16.5. The number of ether oxygens (including phenoxy) is 1. The minimum Gasteiger partial charge on any atom is -0.481 e. The molecule has 0 spiro atoms. The van der Waals surface area contributed by atoms with Crippen molar-refractivity contribution in [2.75, 3.05) is 13.2 Å². The van der Waals surface area contributed by atoms with Crippen LogP contribution in [0.1, 0.15) is 30.7 Å². The lowest BCUT2D eigenvalue weighted by Gasteiger charge is -2.23. The van der Waals surface area contributed by atoms with Crippen molar-refractivity contribution < 1.29 is 19.4 Å². The second kappa shape index (κ2) is 7.05. The van der Waals surface area contributed by atoms with Crippen molar-refractivity contribution in [3.05, 3.63) is 35.9 Å². The first-order valence-corrected chi connectivity index (χ1v) is 6.81. The number of benzene rings is 1. The number of carboxylic acid groups (broad SMARTS) is 1. The quantitative estimate of drug-likeness (QED) is 0.856. The van der Waals surface area contributed by atoms with Crippen molar-refractivity contribution >= 4 is 11.9 Å². The van der Waals surface area contributed by atoms with Gasteiger partial charge in [-0.1, -0.05) is 30.3 Å². The van der Waals surface area contributed by atoms with Crippen LogP contribution in [0.25, 0.3) is 0 Å². The number of hydrogen-bond donors (Lipinski definition) is 2. The molecule has 1 aliphatic heterocycles. The monoisotopic (exact) mass is 277 g/mol. The third-order valence-electron chi connectivity index (χ3n) is 3.48. The molecule has 0 aliphatic carbocycles. The SMILES string of the molecule is O=C(CC(C(=O)O)c1ccccc1)NC1CCOCC1. The Labute approximate surface area is 117 Å². The zero-order valence-electron chi connectivity index (χ0n) is 11.2. The van der Waals surface area contributed by atoms with Crippen LogP contribution in [0.15, 0.2) is 30.3 Å². The van der Waals surface area contributed by atoms with Gasteiger partial charge >= 0.3 is 5.97 Å². The summed E-state index contributed by atoms with van der Waals surface area (Å²) in [5, 5.41) is 12.2. The van der Waals surface area contributed by atoms with Crippen LogP contribution in [0.2, 0.25) is 0 Å². The lowest BCUT2D eigenvalue weighted by atomic mass is 9.95. The maximum Gasteiger partial charge on any atom is 0.311 e. The van der Waals surface area contributed by atoms with Crippen LogP contribution in [0.5, 0.6) is 0 Å². The number of nitrogens with one attached hydrogen (secondary N) is 1. The lowest BCUT2D eigenvalue weighted by molar-refractivity contribution is -0.141. The molecule has 2 N–H and O–H groups in total. The van der Waals surface area contributed by atoms with Crippen LogP contribution in [-0.4, -0.2) is 36.2 Å². The van der Waals surface area contributed by atoms with Crippen molar-refractivity contribution in [3.63, 3.8) is 0 Å². The fourth-order valence-electron chi connectivity index (χ4n) is 2.35. The van der Waals surface area contributed by atoms with Gasteiger partial charge < -0.3 is 15.2 Å². The van der Waals surface area contributed by atoms with Gasteiger partial charge in [0.1, 0.15) is 0 Å². The Morgan fingerprint density at radius 2 is 1.90 bits per heavy atom. The van der Waals surface area contributed by atoms with Gasteiger partial charge in [-0.2, -0.15) is 0 Å². The number of amides is 1. The second-order valence-electron chi connectivity index (χ2n) is 4.96. The number of aliphatic carboxylic acids is 1. The first kappa shape index (κ1) is 14.5. The lowest BCUT2D eigenvalue weighted by Crippen LogP contribution is -2.39. The summed E-state index contributed by atoms with van der Waals surface area (Å²) in [6.07, 6.45) is 1.54. The summed E-state index contributed by atoms with van der Waals surface area (Å²) in [5.74, 6) is -1.98. The highest BCUT2D eigenvalue weighted by Gasteiger charge is 2.24. The van der Waals surface area contributed by atoms with Crippen molar-refractivity contribution in [1.29, 1.82) is 0 Å². The van der Waals surface area contributed by atoms with Crippen molar-refractivity contribution in [3.8, 4) is 0 Å². The molecule has 1 unspecified atom stereocenters. The minimum absolute atomic E-state index is 0.0310. The molecule has 0 aromatic heterocycles. The molecular weight excluding hydrogens is 258 g/mol. The molecule has 5 nitrogen and oxygen atoms in total. The third kappa shape index (κ3) is 4.06. The fourth-order valence-corrected chi connectivity index (χ4v) is 2.35. The molecule has 1 aromatic carbocycles. The van der Waals surface area contributed by atoms with E-state index in [1.54, 1.807) is 24.3 Å². The Balaban J connectivity index is 1.94. The summed E-state index contributed by atoms with van der Waals surface area (Å²) >= 11 is 0. The van der Waals surface area contributed by atoms with E-state index in [0.29, 0.717) is 18.8 Å². The van der Waals surface area contributed by atoms with Crippen LogP contribution in [-0.2, 0) is 14.3 Å². The molecule has 1 aromatic rings. The summed E-state index contributed by atoms with van der Waals surface area (Å²) in [6, 6.07) is 8.95. The summed E-state index contributed by atoms with van der Waals surface area (Å²) in [5.41, 5.74) is 0.655. The minimum atomic E-state index is -0.974. The molecule has 0 bridgehead atoms. The van der Waals surface area contributed by atoms with Gasteiger partial charge in [0.15, 0.2) is 0 Å². The van der Waals surface area contributed by atoms with Crippen molar-refractivity contribution in [2.24, 2.45) is 0 Å². The van der Waals surface area contributed by atoms with E-state index < -0.39 is 11.9 Å². The van der Waals surface area contributed by atoms with Gasteiger partial charge in [-0.3, -0.25) is 9.59 Å². The maximum absolute atomic E-state index is 12.0. The summed E-state index contributed by atoms with van der Waals surface area (Å²) in [7, 11) is 0. The van der Waals surface area contributed by atoms with Gasteiger partial charge in [0, 0.05) is 25.7 Å². The summed E-state index contributed by atoms with van der Waals surface area (Å²) in [4.78, 5) is 23.3. The highest BCUT2D eigenvalue weighted by molar-refractivity contribution is 5.85.